The van der Waals surface area contributed by atoms with Crippen molar-refractivity contribution >= 4 is 28.0 Å². The number of esters is 1. The summed E-state index contributed by atoms with van der Waals surface area (Å²) in [7, 11) is 0. The molecular weight excluding hydrogens is 382 g/mol. The average Bonchev–Trinajstić information content (AvgIpc) is 3.24. The second kappa shape index (κ2) is 7.54. The molecule has 0 saturated carbocycles. The van der Waals surface area contributed by atoms with E-state index in [9.17, 15) is 13.6 Å². The number of aryl methyl sites for hydroxylation is 1. The van der Waals surface area contributed by atoms with Crippen molar-refractivity contribution in [3.05, 3.63) is 59.6 Å². The van der Waals surface area contributed by atoms with Crippen LogP contribution in [0.2, 0.25) is 0 Å². The van der Waals surface area contributed by atoms with E-state index in [-0.39, 0.29) is 17.1 Å². The predicted octanol–water partition coefficient (Wildman–Crippen LogP) is 5.24. The van der Waals surface area contributed by atoms with Crippen molar-refractivity contribution < 1.29 is 27.5 Å². The van der Waals surface area contributed by atoms with Gasteiger partial charge in [0.15, 0.2) is 5.82 Å². The molecule has 4 aromatic rings. The summed E-state index contributed by atoms with van der Waals surface area (Å²) < 4.78 is 44.1. The fourth-order valence-electron chi connectivity index (χ4n) is 3.26. The molecule has 4 rings (SSSR count). The van der Waals surface area contributed by atoms with E-state index in [0.29, 0.717) is 29.0 Å². The van der Waals surface area contributed by atoms with Crippen molar-refractivity contribution in [3.63, 3.8) is 0 Å². The zero-order valence-corrected chi connectivity index (χ0v) is 15.8. The number of rotatable bonds is 6. The molecule has 2 aromatic carbocycles. The Hall–Kier alpha value is -3.42. The lowest BCUT2D eigenvalue weighted by molar-refractivity contribution is 0.0359. The van der Waals surface area contributed by atoms with E-state index in [1.54, 1.807) is 49.4 Å². The third-order valence-electron chi connectivity index (χ3n) is 4.60. The normalized spacial score (nSPS) is 11.5. The van der Waals surface area contributed by atoms with Gasteiger partial charge < -0.3 is 13.9 Å². The number of para-hydroxylation sites is 2. The molecule has 0 aliphatic carbocycles. The number of fused-ring (bicyclic) bond motifs is 2. The van der Waals surface area contributed by atoms with Gasteiger partial charge in [0, 0.05) is 10.9 Å². The Labute approximate surface area is 164 Å². The van der Waals surface area contributed by atoms with E-state index in [4.69, 9.17) is 13.9 Å². The lowest BCUT2D eigenvalue weighted by Gasteiger charge is -2.08. The number of halogens is 2. The standard InChI is InChI=1S/C21H18F2N2O4/c1-3-27-13-8-9-17-14(10-13)12(2)19(29-17)20(26)28-11-18-24-15-6-4-5-7-16(15)25(18)21(22)23/h4-10,21H,3,11H2,1-2H3. The molecule has 29 heavy (non-hydrogen) atoms. The van der Waals surface area contributed by atoms with E-state index < -0.39 is 19.1 Å². The SMILES string of the molecule is CCOc1ccc2oc(C(=O)OCc3nc4ccccc4n3C(F)F)c(C)c2c1. The highest BCUT2D eigenvalue weighted by Crippen LogP contribution is 2.30. The molecular formula is C21H18F2N2O4. The van der Waals surface area contributed by atoms with Crippen molar-refractivity contribution in [1.82, 2.24) is 9.55 Å². The number of carbonyl (C=O) groups is 1. The van der Waals surface area contributed by atoms with Gasteiger partial charge in [-0.3, -0.25) is 4.57 Å². The van der Waals surface area contributed by atoms with Crippen LogP contribution in [0.3, 0.4) is 0 Å². The molecule has 0 unspecified atom stereocenters. The minimum Gasteiger partial charge on any atom is -0.494 e. The van der Waals surface area contributed by atoms with Crippen LogP contribution in [0.5, 0.6) is 5.75 Å². The van der Waals surface area contributed by atoms with Crippen LogP contribution in [0.1, 0.15) is 35.4 Å². The number of nitrogens with zero attached hydrogens (tertiary/aromatic N) is 2. The molecule has 0 fully saturated rings. The summed E-state index contributed by atoms with van der Waals surface area (Å²) in [5.74, 6) is -0.102. The Morgan fingerprint density at radius 3 is 2.79 bits per heavy atom. The maximum atomic E-state index is 13.5. The van der Waals surface area contributed by atoms with Gasteiger partial charge >= 0.3 is 12.5 Å². The molecule has 0 saturated heterocycles. The topological polar surface area (TPSA) is 66.5 Å². The van der Waals surface area contributed by atoms with Gasteiger partial charge in [-0.2, -0.15) is 8.78 Å². The van der Waals surface area contributed by atoms with E-state index in [1.165, 1.54) is 0 Å². The first-order valence-electron chi connectivity index (χ1n) is 9.06. The molecule has 0 N–H and O–H groups in total. The third-order valence-corrected chi connectivity index (χ3v) is 4.60. The van der Waals surface area contributed by atoms with Crippen molar-refractivity contribution in [3.8, 4) is 5.75 Å². The van der Waals surface area contributed by atoms with E-state index in [1.807, 2.05) is 6.92 Å². The predicted molar refractivity (Wildman–Crippen MR) is 102 cm³/mol. The van der Waals surface area contributed by atoms with E-state index >= 15 is 0 Å². The van der Waals surface area contributed by atoms with Crippen LogP contribution < -0.4 is 4.74 Å². The molecule has 0 spiro atoms. The van der Waals surface area contributed by atoms with Crippen molar-refractivity contribution in [1.29, 1.82) is 0 Å². The number of furan rings is 1. The zero-order valence-electron chi connectivity index (χ0n) is 15.8. The van der Waals surface area contributed by atoms with E-state index in [2.05, 4.69) is 4.98 Å². The quantitative estimate of drug-likeness (QED) is 0.414. The Bertz CT molecular complexity index is 1200. The molecule has 0 radical (unpaired) electrons. The second-order valence-corrected chi connectivity index (χ2v) is 6.39. The first-order valence-corrected chi connectivity index (χ1v) is 9.06. The molecule has 150 valence electrons. The molecule has 0 bridgehead atoms. The van der Waals surface area contributed by atoms with Crippen LogP contribution in [-0.2, 0) is 11.3 Å². The van der Waals surface area contributed by atoms with Gasteiger partial charge in [0.25, 0.3) is 0 Å². The molecule has 6 nitrogen and oxygen atoms in total. The highest BCUT2D eigenvalue weighted by molar-refractivity contribution is 5.96. The lowest BCUT2D eigenvalue weighted by Crippen LogP contribution is -2.10. The number of benzene rings is 2. The fourth-order valence-corrected chi connectivity index (χ4v) is 3.26. The Morgan fingerprint density at radius 2 is 2.03 bits per heavy atom. The molecule has 0 aliphatic rings. The summed E-state index contributed by atoms with van der Waals surface area (Å²) in [5.41, 5.74) is 1.78. The summed E-state index contributed by atoms with van der Waals surface area (Å²) in [6, 6.07) is 11.8. The largest absolute Gasteiger partial charge is 0.494 e. The Morgan fingerprint density at radius 1 is 1.24 bits per heavy atom. The fraction of sp³-hybridized carbons (Fsp3) is 0.238. The molecule has 0 amide bonds. The molecule has 2 aromatic heterocycles. The van der Waals surface area contributed by atoms with Gasteiger partial charge in [-0.15, -0.1) is 0 Å². The smallest absolute Gasteiger partial charge is 0.375 e. The number of hydrogen-bond donors (Lipinski definition) is 0. The van der Waals surface area contributed by atoms with Gasteiger partial charge in [-0.1, -0.05) is 12.1 Å². The summed E-state index contributed by atoms with van der Waals surface area (Å²) in [6.07, 6.45) is 0. The lowest BCUT2D eigenvalue weighted by atomic mass is 10.1. The van der Waals surface area contributed by atoms with E-state index in [0.717, 1.165) is 9.95 Å². The number of imidazole rings is 1. The summed E-state index contributed by atoms with van der Waals surface area (Å²) in [5, 5.41) is 0.725. The average molecular weight is 400 g/mol. The minimum absolute atomic E-state index is 0.0216. The summed E-state index contributed by atoms with van der Waals surface area (Å²) in [6.45, 7) is 0.913. The first kappa shape index (κ1) is 18.9. The van der Waals surface area contributed by atoms with Crippen LogP contribution in [0.4, 0.5) is 8.78 Å². The van der Waals surface area contributed by atoms with Crippen LogP contribution in [0, 0.1) is 6.92 Å². The van der Waals surface area contributed by atoms with Crippen molar-refractivity contribution in [2.24, 2.45) is 0 Å². The molecule has 8 heteroatoms. The zero-order chi connectivity index (χ0) is 20.5. The van der Waals surface area contributed by atoms with Crippen LogP contribution in [0.15, 0.2) is 46.9 Å². The van der Waals surface area contributed by atoms with Gasteiger partial charge in [0.05, 0.1) is 17.6 Å². The number of carbonyl (C=O) groups excluding carboxylic acids is 1. The maximum absolute atomic E-state index is 13.5. The van der Waals surface area contributed by atoms with Crippen LogP contribution in [0.25, 0.3) is 22.0 Å². The van der Waals surface area contributed by atoms with Crippen molar-refractivity contribution in [2.45, 2.75) is 27.0 Å². The first-order chi connectivity index (χ1) is 14.0. The summed E-state index contributed by atoms with van der Waals surface area (Å²) >= 11 is 0. The number of aromatic nitrogens is 2. The van der Waals surface area contributed by atoms with Gasteiger partial charge in [-0.05, 0) is 44.2 Å². The second-order valence-electron chi connectivity index (χ2n) is 6.39. The highest BCUT2D eigenvalue weighted by atomic mass is 19.3. The molecule has 2 heterocycles. The maximum Gasteiger partial charge on any atom is 0.375 e. The third kappa shape index (κ3) is 3.41. The molecule has 0 aliphatic heterocycles. The molecule has 0 atom stereocenters. The van der Waals surface area contributed by atoms with Gasteiger partial charge in [-0.25, -0.2) is 9.78 Å². The monoisotopic (exact) mass is 400 g/mol. The number of ether oxygens (including phenoxy) is 2. The number of alkyl halides is 2. The van der Waals surface area contributed by atoms with Gasteiger partial charge in [0.1, 0.15) is 17.9 Å². The van der Waals surface area contributed by atoms with Crippen LogP contribution >= 0.6 is 0 Å². The van der Waals surface area contributed by atoms with Gasteiger partial charge in [0.2, 0.25) is 5.76 Å². The minimum atomic E-state index is -2.80. The summed E-state index contributed by atoms with van der Waals surface area (Å²) in [4.78, 5) is 16.7. The van der Waals surface area contributed by atoms with Crippen LogP contribution in [-0.4, -0.2) is 22.1 Å². The Balaban J connectivity index is 1.60. The highest BCUT2D eigenvalue weighted by Gasteiger charge is 2.22. The number of hydrogen-bond acceptors (Lipinski definition) is 5. The Kier molecular flexibility index (Phi) is 4.92. The van der Waals surface area contributed by atoms with Crippen molar-refractivity contribution in [2.75, 3.05) is 6.61 Å².